The second-order valence-electron chi connectivity index (χ2n) is 23.8. The third-order valence-electron chi connectivity index (χ3n) is 17.8. The number of aromatic nitrogens is 6. The first-order chi connectivity index (χ1) is 42.5. The van der Waals surface area contributed by atoms with Crippen LogP contribution in [-0.4, -0.2) is 28.7 Å². The smallest absolute Gasteiger partial charge is 0.238 e. The maximum Gasteiger partial charge on any atom is 0.238 e. The van der Waals surface area contributed by atoms with Gasteiger partial charge in [0, 0.05) is 54.8 Å². The van der Waals surface area contributed by atoms with Gasteiger partial charge in [0.2, 0.25) is 5.95 Å². The van der Waals surface area contributed by atoms with Crippen molar-refractivity contribution >= 4 is 65.4 Å². The fourth-order valence-electron chi connectivity index (χ4n) is 12.9. The van der Waals surface area contributed by atoms with Gasteiger partial charge < -0.3 is 9.13 Å². The molecule has 0 saturated heterocycles. The van der Waals surface area contributed by atoms with Gasteiger partial charge in [0.15, 0.2) is 11.6 Å². The largest absolute Gasteiger partial charge is 0.309 e. The average molecular weight is 1120 g/mol. The van der Waals surface area contributed by atoms with Crippen LogP contribution in [-0.2, 0) is 0 Å². The Bertz CT molecular complexity index is 4850. The zero-order chi connectivity index (χ0) is 58.6. The van der Waals surface area contributed by atoms with Gasteiger partial charge in [-0.2, -0.15) is 9.97 Å². The molecule has 0 bridgehead atoms. The van der Waals surface area contributed by atoms with Crippen LogP contribution >= 0.6 is 0 Å². The number of hydrogen-bond acceptors (Lipinski definition) is 3. The third kappa shape index (κ3) is 8.99. The van der Waals surface area contributed by atoms with E-state index in [9.17, 15) is 0 Å². The van der Waals surface area contributed by atoms with E-state index in [1.165, 1.54) is 99.4 Å². The molecule has 414 valence electrons. The molecule has 0 aliphatic carbocycles. The van der Waals surface area contributed by atoms with Crippen LogP contribution in [0.3, 0.4) is 0 Å². The summed E-state index contributed by atoms with van der Waals surface area (Å²) in [5.74, 6) is 1.77. The fraction of sp³-hybridized carbons (Fsp3) is 0.0741. The van der Waals surface area contributed by atoms with Crippen LogP contribution < -0.4 is 0 Å². The molecule has 0 unspecified atom stereocenters. The monoisotopic (exact) mass is 1120 g/mol. The minimum atomic E-state index is 0.546. The predicted octanol–water partition coefficient (Wildman–Crippen LogP) is 21.0. The molecule has 4 heterocycles. The molecule has 16 rings (SSSR count). The van der Waals surface area contributed by atoms with E-state index in [-0.39, 0.29) is 0 Å². The molecule has 0 saturated carbocycles. The van der Waals surface area contributed by atoms with Gasteiger partial charge in [0.1, 0.15) is 0 Å². The van der Waals surface area contributed by atoms with Gasteiger partial charge in [0.05, 0.1) is 33.1 Å². The van der Waals surface area contributed by atoms with Crippen LogP contribution in [0.2, 0.25) is 0 Å². The van der Waals surface area contributed by atoms with Gasteiger partial charge in [-0.15, -0.1) is 0 Å². The number of nitrogens with zero attached hydrogens (tertiary/aromatic N) is 6. The van der Waals surface area contributed by atoms with Crippen molar-refractivity contribution in [2.75, 3.05) is 0 Å². The zero-order valence-electron chi connectivity index (χ0n) is 49.4. The summed E-state index contributed by atoms with van der Waals surface area (Å²) >= 11 is 0. The molecule has 0 N–H and O–H groups in total. The lowest BCUT2D eigenvalue weighted by molar-refractivity contribution is 0.953. The Balaban J connectivity index is 0.960. The quantitative estimate of drug-likeness (QED) is 0.145. The normalized spacial score (nSPS) is 11.8. The fourth-order valence-corrected chi connectivity index (χ4v) is 12.9. The Labute approximate surface area is 505 Å². The number of aryl methyl sites for hydroxylation is 6. The molecule has 6 nitrogen and oxygen atoms in total. The molecule has 4 aromatic heterocycles. The molecule has 0 amide bonds. The van der Waals surface area contributed by atoms with Crippen LogP contribution in [0.25, 0.3) is 150 Å². The second-order valence-corrected chi connectivity index (χ2v) is 23.8. The topological polar surface area (TPSA) is 53.5 Å². The Morgan fingerprint density at radius 3 is 0.690 bits per heavy atom. The molecular formula is C81H60N6. The second kappa shape index (κ2) is 20.4. The number of rotatable bonds is 9. The van der Waals surface area contributed by atoms with Crippen LogP contribution in [0.5, 0.6) is 0 Å². The lowest BCUT2D eigenvalue weighted by atomic mass is 9.99. The van der Waals surface area contributed by atoms with Gasteiger partial charge in [-0.3, -0.25) is 4.57 Å². The molecule has 16 aromatic rings. The minimum Gasteiger partial charge on any atom is -0.309 e. The maximum atomic E-state index is 5.41. The summed E-state index contributed by atoms with van der Waals surface area (Å²) in [7, 11) is 0. The van der Waals surface area contributed by atoms with E-state index in [4.69, 9.17) is 15.0 Å². The lowest BCUT2D eigenvalue weighted by Crippen LogP contribution is -2.06. The molecule has 0 aliphatic rings. The van der Waals surface area contributed by atoms with E-state index in [1.54, 1.807) is 0 Å². The summed E-state index contributed by atoms with van der Waals surface area (Å²) in [4.78, 5) is 16.0. The van der Waals surface area contributed by atoms with Crippen molar-refractivity contribution in [3.63, 3.8) is 0 Å². The molecule has 87 heavy (non-hydrogen) atoms. The highest BCUT2D eigenvalue weighted by Crippen LogP contribution is 2.43. The summed E-state index contributed by atoms with van der Waals surface area (Å²) < 4.78 is 7.15. The molecule has 0 radical (unpaired) electrons. The van der Waals surface area contributed by atoms with Gasteiger partial charge in [-0.05, 0) is 171 Å². The van der Waals surface area contributed by atoms with Crippen molar-refractivity contribution in [2.45, 2.75) is 41.5 Å². The van der Waals surface area contributed by atoms with Crippen LogP contribution in [0.1, 0.15) is 33.4 Å². The summed E-state index contributed by atoms with van der Waals surface area (Å²) in [5, 5.41) is 6.93. The number of fused-ring (bicyclic) bond motifs is 9. The highest BCUT2D eigenvalue weighted by atomic mass is 15.2. The van der Waals surface area contributed by atoms with E-state index in [1.807, 2.05) is 0 Å². The van der Waals surface area contributed by atoms with E-state index >= 15 is 0 Å². The molecule has 0 aliphatic heterocycles. The van der Waals surface area contributed by atoms with Crippen molar-refractivity contribution in [2.24, 2.45) is 0 Å². The summed E-state index contributed by atoms with van der Waals surface area (Å²) in [5.41, 5.74) is 27.3. The standard InChI is InChI=1S/C81H60N6/c1-49-7-19-55(20-8-49)61-31-37-73-67(43-61)68-44-62(56-21-9-50(2)10-22-56)32-38-74(68)85(73)65-35-41-77-71(47-65)72-48-66(36-42-78(72)87(77)81-83-79(59-27-15-53(5)16-28-59)82-80(84-81)60-29-17-54(6)18-30-60)86-75-39-33-63(57-23-11-51(3)12-24-57)45-69(75)70-46-64(34-40-76(70)86)58-25-13-52(4)14-26-58/h7-48H,1-6H3. The zero-order valence-corrected chi connectivity index (χ0v) is 49.4. The first-order valence-corrected chi connectivity index (χ1v) is 30.0. The van der Waals surface area contributed by atoms with Gasteiger partial charge in [-0.1, -0.05) is 203 Å². The molecule has 0 fully saturated rings. The summed E-state index contributed by atoms with van der Waals surface area (Å²) in [6.45, 7) is 12.8. The number of benzene rings is 12. The molecule has 12 aromatic carbocycles. The molecule has 0 spiro atoms. The van der Waals surface area contributed by atoms with E-state index in [0.717, 1.165) is 66.4 Å². The third-order valence-corrected chi connectivity index (χ3v) is 17.8. The lowest BCUT2D eigenvalue weighted by Gasteiger charge is -2.12. The van der Waals surface area contributed by atoms with Crippen molar-refractivity contribution in [1.82, 2.24) is 28.7 Å². The summed E-state index contributed by atoms with van der Waals surface area (Å²) in [6.07, 6.45) is 0. The maximum absolute atomic E-state index is 5.41. The minimum absolute atomic E-state index is 0.546. The van der Waals surface area contributed by atoms with Gasteiger partial charge in [0.25, 0.3) is 0 Å². The van der Waals surface area contributed by atoms with Crippen molar-refractivity contribution in [3.8, 4) is 84.6 Å². The average Bonchev–Trinajstić information content (AvgIpc) is 1.67. The Kier molecular flexibility index (Phi) is 12.1. The SMILES string of the molecule is Cc1ccc(-c2ccc3c(c2)c2cc(-c4ccc(C)cc4)ccc2n3-c2ccc3c(c2)c2cc(-n4c5ccc(-c6ccc(C)cc6)cc5c5cc(-c6ccc(C)cc6)ccc54)ccc2n3-c2nc(-c3ccc(C)cc3)nc(-c3ccc(C)cc3)n2)cc1. The Morgan fingerprint density at radius 1 is 0.195 bits per heavy atom. The van der Waals surface area contributed by atoms with E-state index in [2.05, 4.69) is 310 Å². The van der Waals surface area contributed by atoms with Crippen LogP contribution in [0, 0.1) is 41.5 Å². The predicted molar refractivity (Wildman–Crippen MR) is 364 cm³/mol. The van der Waals surface area contributed by atoms with Crippen molar-refractivity contribution < 1.29 is 0 Å². The van der Waals surface area contributed by atoms with Crippen LogP contribution in [0.4, 0.5) is 0 Å². The molecule has 6 heteroatoms. The van der Waals surface area contributed by atoms with Gasteiger partial charge in [-0.25, -0.2) is 4.98 Å². The van der Waals surface area contributed by atoms with E-state index in [0.29, 0.717) is 17.6 Å². The highest BCUT2D eigenvalue weighted by molar-refractivity contribution is 6.15. The van der Waals surface area contributed by atoms with Gasteiger partial charge >= 0.3 is 0 Å². The summed E-state index contributed by atoms with van der Waals surface area (Å²) in [6, 6.07) is 94.1. The van der Waals surface area contributed by atoms with E-state index < -0.39 is 0 Å². The first-order valence-electron chi connectivity index (χ1n) is 30.0. The van der Waals surface area contributed by atoms with Crippen molar-refractivity contribution in [3.05, 3.63) is 288 Å². The first kappa shape index (κ1) is 51.7. The molecular weight excluding hydrogens is 1060 g/mol. The highest BCUT2D eigenvalue weighted by Gasteiger charge is 2.23. The Hall–Kier alpha value is -11.0. The van der Waals surface area contributed by atoms with Crippen molar-refractivity contribution in [1.29, 1.82) is 0 Å². The van der Waals surface area contributed by atoms with Crippen LogP contribution in [0.15, 0.2) is 255 Å². The number of hydrogen-bond donors (Lipinski definition) is 0. The molecule has 0 atom stereocenters. The Morgan fingerprint density at radius 2 is 0.414 bits per heavy atom.